The van der Waals surface area contributed by atoms with Crippen LogP contribution in [0.15, 0.2) is 16.9 Å². The summed E-state index contributed by atoms with van der Waals surface area (Å²) in [6.07, 6.45) is 3.41. The van der Waals surface area contributed by atoms with Gasteiger partial charge in [0.05, 0.1) is 24.1 Å². The molecule has 0 bridgehead atoms. The lowest BCUT2D eigenvalue weighted by molar-refractivity contribution is -0.158. The predicted octanol–water partition coefficient (Wildman–Crippen LogP) is -1.64. The number of amides is 3. The monoisotopic (exact) mass is 605 g/mol. The summed E-state index contributed by atoms with van der Waals surface area (Å²) in [4.78, 5) is 55.3. The van der Waals surface area contributed by atoms with Crippen LogP contribution in [-0.4, -0.2) is 120 Å². The number of aliphatic hydroxyl groups is 1. The summed E-state index contributed by atoms with van der Waals surface area (Å²) in [5.41, 5.74) is 5.82. The van der Waals surface area contributed by atoms with Crippen LogP contribution < -0.4 is 16.4 Å². The molecule has 6 N–H and O–H groups in total. The van der Waals surface area contributed by atoms with Gasteiger partial charge in [-0.05, 0) is 55.5 Å². The van der Waals surface area contributed by atoms with Crippen LogP contribution in [0, 0.1) is 17.8 Å². The van der Waals surface area contributed by atoms with Crippen LogP contribution in [0.3, 0.4) is 0 Å². The summed E-state index contributed by atoms with van der Waals surface area (Å²) >= 11 is 1.43. The number of tetrazole rings is 1. The number of nitrogens with two attached hydrogens (primary N) is 1. The van der Waals surface area contributed by atoms with Crippen molar-refractivity contribution in [3.63, 3.8) is 0 Å². The largest absolute Gasteiger partial charge is 0.477 e. The zero-order valence-corrected chi connectivity index (χ0v) is 24.6. The van der Waals surface area contributed by atoms with Gasteiger partial charge in [-0.2, -0.15) is 0 Å². The van der Waals surface area contributed by atoms with E-state index in [1.807, 2.05) is 11.8 Å². The summed E-state index contributed by atoms with van der Waals surface area (Å²) in [5.74, 6) is -2.66. The van der Waals surface area contributed by atoms with Gasteiger partial charge in [0.2, 0.25) is 17.7 Å². The highest BCUT2D eigenvalue weighted by atomic mass is 32.2. The third kappa shape index (κ3) is 5.89. The smallest absolute Gasteiger partial charge is 0.353 e. The van der Waals surface area contributed by atoms with E-state index < -0.39 is 24.0 Å². The molecule has 8 atom stereocenters. The maximum absolute atomic E-state index is 13.4. The second kappa shape index (κ2) is 12.7. The molecule has 3 amide bonds. The van der Waals surface area contributed by atoms with Crippen LogP contribution in [0.5, 0.6) is 0 Å². The van der Waals surface area contributed by atoms with Crippen molar-refractivity contribution in [2.45, 2.75) is 75.6 Å². The predicted molar refractivity (Wildman–Crippen MR) is 150 cm³/mol. The lowest BCUT2D eigenvalue weighted by Gasteiger charge is -2.47. The van der Waals surface area contributed by atoms with Crippen molar-refractivity contribution in [2.75, 3.05) is 26.2 Å². The molecule has 5 rings (SSSR count). The molecule has 4 aliphatic rings. The molecule has 42 heavy (non-hydrogen) atoms. The molecule has 0 spiro atoms. The van der Waals surface area contributed by atoms with Crippen molar-refractivity contribution >= 4 is 35.5 Å². The lowest BCUT2D eigenvalue weighted by atomic mass is 9.78. The van der Waals surface area contributed by atoms with E-state index in [0.717, 1.165) is 0 Å². The second-order valence-electron chi connectivity index (χ2n) is 11.7. The first kappa shape index (κ1) is 30.4. The van der Waals surface area contributed by atoms with Crippen molar-refractivity contribution < 1.29 is 29.4 Å². The number of aliphatic carboxylic acids is 1. The Morgan fingerprint density at radius 3 is 2.76 bits per heavy atom. The van der Waals surface area contributed by atoms with Gasteiger partial charge in [0.1, 0.15) is 18.6 Å². The number of carboxylic acid groups (broad SMARTS) is 1. The maximum atomic E-state index is 13.4. The van der Waals surface area contributed by atoms with Crippen molar-refractivity contribution in [3.8, 4) is 0 Å². The highest BCUT2D eigenvalue weighted by molar-refractivity contribution is 8.03. The Morgan fingerprint density at radius 2 is 2.07 bits per heavy atom. The minimum Gasteiger partial charge on any atom is -0.477 e. The highest BCUT2D eigenvalue weighted by Crippen LogP contribution is 2.51. The van der Waals surface area contributed by atoms with E-state index in [2.05, 4.69) is 26.2 Å². The normalized spacial score (nSPS) is 32.2. The number of hydrogen-bond donors (Lipinski definition) is 5. The van der Waals surface area contributed by atoms with Gasteiger partial charge in [-0.3, -0.25) is 14.4 Å². The Balaban J connectivity index is 1.20. The average Bonchev–Trinajstić information content (AvgIpc) is 3.66. The molecule has 15 nitrogen and oxygen atoms in total. The van der Waals surface area contributed by atoms with E-state index >= 15 is 0 Å². The number of fused-ring (bicyclic) bond motifs is 1. The average molecular weight is 606 g/mol. The molecule has 230 valence electrons. The summed E-state index contributed by atoms with van der Waals surface area (Å²) < 4.78 is 1.27. The quantitative estimate of drug-likeness (QED) is 0.201. The van der Waals surface area contributed by atoms with E-state index in [9.17, 15) is 29.4 Å². The summed E-state index contributed by atoms with van der Waals surface area (Å²) in [5, 5.41) is 37.1. The molecule has 16 heteroatoms. The van der Waals surface area contributed by atoms with Gasteiger partial charge < -0.3 is 36.4 Å². The van der Waals surface area contributed by atoms with E-state index in [1.165, 1.54) is 27.7 Å². The number of thioether (sulfide) groups is 1. The Kier molecular flexibility index (Phi) is 9.15. The maximum Gasteiger partial charge on any atom is 0.353 e. The summed E-state index contributed by atoms with van der Waals surface area (Å²) in [6.45, 7) is 5.61. The number of aliphatic hydroxyl groups excluding tert-OH is 1. The topological polar surface area (TPSA) is 209 Å². The van der Waals surface area contributed by atoms with Gasteiger partial charge in [0.25, 0.3) is 0 Å². The fourth-order valence-corrected chi connectivity index (χ4v) is 8.19. The molecule has 3 fully saturated rings. The fourth-order valence-electron chi connectivity index (χ4n) is 6.72. The van der Waals surface area contributed by atoms with Gasteiger partial charge in [-0.1, -0.05) is 6.92 Å². The first-order chi connectivity index (χ1) is 20.1. The Morgan fingerprint density at radius 1 is 1.29 bits per heavy atom. The molecule has 0 saturated carbocycles. The molecule has 0 aromatic carbocycles. The Bertz CT molecular complexity index is 1230. The minimum absolute atomic E-state index is 0.00380. The number of aromatic nitrogens is 4. The molecule has 1 aromatic rings. The van der Waals surface area contributed by atoms with E-state index in [-0.39, 0.29) is 59.1 Å². The fraction of sp³-hybridized carbons (Fsp3) is 0.731. The summed E-state index contributed by atoms with van der Waals surface area (Å²) in [7, 11) is 0. The van der Waals surface area contributed by atoms with Crippen molar-refractivity contribution in [3.05, 3.63) is 16.9 Å². The van der Waals surface area contributed by atoms with Crippen molar-refractivity contribution in [1.82, 2.24) is 40.6 Å². The van der Waals surface area contributed by atoms with Crippen LogP contribution in [0.2, 0.25) is 0 Å². The Hall–Kier alpha value is -3.08. The van der Waals surface area contributed by atoms with Crippen LogP contribution in [-0.2, 0) is 25.7 Å². The van der Waals surface area contributed by atoms with Gasteiger partial charge in [-0.15, -0.1) is 16.9 Å². The zero-order valence-electron chi connectivity index (χ0n) is 23.8. The van der Waals surface area contributed by atoms with E-state index in [1.54, 1.807) is 6.92 Å². The number of hydrogen-bond acceptors (Lipinski definition) is 11. The number of carboxylic acids is 1. The molecular weight excluding hydrogens is 566 g/mol. The lowest BCUT2D eigenvalue weighted by Crippen LogP contribution is -2.66. The minimum atomic E-state index is -1.16. The SMILES string of the molecule is C[C@@H](NC(=O)Cn1cnnn1)[C@H]1C(=O)N2C(C(=O)O)=C(S[C@@H]3CN[C@H](C(=O)N4CCCC(O)C(CN)CC4)C3)[C@H](C)[C@H]12. The molecule has 3 saturated heterocycles. The first-order valence-corrected chi connectivity index (χ1v) is 15.4. The summed E-state index contributed by atoms with van der Waals surface area (Å²) in [6, 6.07) is -1.28. The van der Waals surface area contributed by atoms with Crippen LogP contribution >= 0.6 is 11.8 Å². The van der Waals surface area contributed by atoms with Gasteiger partial charge >= 0.3 is 5.97 Å². The van der Waals surface area contributed by atoms with Gasteiger partial charge in [-0.25, -0.2) is 9.48 Å². The molecule has 0 aliphatic carbocycles. The number of nitrogens with one attached hydrogen (secondary N) is 2. The zero-order chi connectivity index (χ0) is 30.1. The van der Waals surface area contributed by atoms with Crippen LogP contribution in [0.1, 0.15) is 39.5 Å². The number of nitrogens with zero attached hydrogens (tertiary/aromatic N) is 6. The third-order valence-corrected chi connectivity index (χ3v) is 10.5. The number of rotatable bonds is 9. The number of carbonyl (C=O) groups excluding carboxylic acids is 3. The highest BCUT2D eigenvalue weighted by Gasteiger charge is 2.60. The van der Waals surface area contributed by atoms with Gasteiger partial charge in [0, 0.05) is 41.7 Å². The van der Waals surface area contributed by atoms with Crippen molar-refractivity contribution in [2.24, 2.45) is 23.5 Å². The number of likely N-dealkylation sites (tertiary alicyclic amines) is 1. The van der Waals surface area contributed by atoms with E-state index in [4.69, 9.17) is 5.73 Å². The molecule has 0 radical (unpaired) electrons. The standard InChI is InChI=1S/C26H39N9O6S/c1-13-21-20(14(2)30-19(37)11-34-12-29-31-32-34)25(39)35(21)22(26(40)41)23(13)42-16-8-17(28-10-16)24(38)33-6-3-4-18(36)15(9-27)5-7-33/h12-18,20-21,28,36H,3-11,27H2,1-2H3,(H,30,37)(H,40,41)/t13-,14-,15?,16+,17+,18?,20-,21-/m1/s1. The van der Waals surface area contributed by atoms with Gasteiger partial charge in [0.15, 0.2) is 0 Å². The first-order valence-electron chi connectivity index (χ1n) is 14.5. The second-order valence-corrected chi connectivity index (χ2v) is 13.0. The Labute approximate surface area is 247 Å². The molecule has 5 heterocycles. The van der Waals surface area contributed by atoms with Crippen molar-refractivity contribution in [1.29, 1.82) is 0 Å². The van der Waals surface area contributed by atoms with Crippen LogP contribution in [0.4, 0.5) is 0 Å². The van der Waals surface area contributed by atoms with E-state index in [0.29, 0.717) is 56.8 Å². The third-order valence-electron chi connectivity index (χ3n) is 8.95. The molecule has 1 aromatic heterocycles. The number of carbonyl (C=O) groups is 4. The molecular formula is C26H39N9O6S. The van der Waals surface area contributed by atoms with Crippen LogP contribution in [0.25, 0.3) is 0 Å². The molecule has 4 aliphatic heterocycles. The molecule has 2 unspecified atom stereocenters. The number of β-lactam (4-membered cyclic amide) rings is 1.